The molecule has 25 heavy (non-hydrogen) atoms. The number of unbranched alkanes of at least 4 members (excludes halogenated alkanes) is 1. The number of rotatable bonds is 9. The molecule has 0 amide bonds. The minimum absolute atomic E-state index is 0.177. The molecular weight excluding hydrogens is 314 g/mol. The van der Waals surface area contributed by atoms with Crippen LogP contribution in [0.2, 0.25) is 0 Å². The lowest BCUT2D eigenvalue weighted by molar-refractivity contribution is -0.108. The van der Waals surface area contributed by atoms with Crippen LogP contribution in [-0.4, -0.2) is 66.9 Å². The zero-order valence-corrected chi connectivity index (χ0v) is 15.2. The minimum Gasteiger partial charge on any atom is -0.369 e. The summed E-state index contributed by atoms with van der Waals surface area (Å²) in [6.07, 6.45) is 11.1. The first kappa shape index (κ1) is 18.5. The van der Waals surface area contributed by atoms with Crippen molar-refractivity contribution in [3.05, 3.63) is 30.1 Å². The Bertz CT molecular complexity index is 509. The molecule has 0 saturated carbocycles. The monoisotopic (exact) mass is 345 g/mol. The molecule has 0 radical (unpaired) electrons. The van der Waals surface area contributed by atoms with Crippen LogP contribution in [-0.2, 0) is 15.1 Å². The van der Waals surface area contributed by atoms with Crippen LogP contribution >= 0.6 is 0 Å². The first-order valence-electron chi connectivity index (χ1n) is 9.75. The van der Waals surface area contributed by atoms with Crippen LogP contribution < -0.4 is 0 Å². The minimum atomic E-state index is -0.177. The fraction of sp³-hybridized carbons (Fsp3) is 0.700. The Morgan fingerprint density at radius 3 is 2.40 bits per heavy atom. The second-order valence-electron chi connectivity index (χ2n) is 7.28. The molecule has 2 saturated heterocycles. The van der Waals surface area contributed by atoms with Gasteiger partial charge in [0.25, 0.3) is 0 Å². The number of carbonyl (C=O) groups excluding carboxylic acids is 1. The SMILES string of the molecule is O=CCCCN1CCC(OCCN2CCCC2)(c2ccncc2)CC1. The van der Waals surface area contributed by atoms with Crippen LogP contribution in [0.4, 0.5) is 0 Å². The molecule has 0 aromatic carbocycles. The number of ether oxygens (including phenoxy) is 1. The van der Waals surface area contributed by atoms with Crippen LogP contribution in [0.15, 0.2) is 24.5 Å². The van der Waals surface area contributed by atoms with Gasteiger partial charge in [0.05, 0.1) is 12.2 Å². The van der Waals surface area contributed by atoms with Crippen molar-refractivity contribution in [3.63, 3.8) is 0 Å². The highest BCUT2D eigenvalue weighted by molar-refractivity contribution is 5.49. The van der Waals surface area contributed by atoms with Crippen molar-refractivity contribution >= 4 is 6.29 Å². The van der Waals surface area contributed by atoms with Crippen LogP contribution in [0.25, 0.3) is 0 Å². The standard InChI is InChI=1S/C20H31N3O2/c24-17-4-3-13-23-14-7-20(8-15-23,19-5-9-21-10-6-19)25-18-16-22-11-1-2-12-22/h5-6,9-10,17H,1-4,7-8,11-16,18H2. The largest absolute Gasteiger partial charge is 0.369 e. The first-order valence-corrected chi connectivity index (χ1v) is 9.75. The van der Waals surface area contributed by atoms with E-state index < -0.39 is 0 Å². The van der Waals surface area contributed by atoms with Gasteiger partial charge in [-0.15, -0.1) is 0 Å². The third-order valence-electron chi connectivity index (χ3n) is 5.65. The van der Waals surface area contributed by atoms with E-state index in [0.29, 0.717) is 6.42 Å². The molecule has 2 aliphatic rings. The summed E-state index contributed by atoms with van der Waals surface area (Å²) in [7, 11) is 0. The van der Waals surface area contributed by atoms with Crippen molar-refractivity contribution in [2.24, 2.45) is 0 Å². The van der Waals surface area contributed by atoms with E-state index in [9.17, 15) is 4.79 Å². The van der Waals surface area contributed by atoms with Crippen LogP contribution in [0, 0.1) is 0 Å². The molecule has 5 heteroatoms. The van der Waals surface area contributed by atoms with Crippen molar-refractivity contribution < 1.29 is 9.53 Å². The van der Waals surface area contributed by atoms with Gasteiger partial charge in [-0.2, -0.15) is 0 Å². The van der Waals surface area contributed by atoms with Gasteiger partial charge >= 0.3 is 0 Å². The van der Waals surface area contributed by atoms with Gasteiger partial charge < -0.3 is 19.3 Å². The van der Waals surface area contributed by atoms with E-state index in [1.54, 1.807) is 0 Å². The quantitative estimate of drug-likeness (QED) is 0.508. The van der Waals surface area contributed by atoms with Gasteiger partial charge in [-0.05, 0) is 69.4 Å². The van der Waals surface area contributed by atoms with Gasteiger partial charge in [0.1, 0.15) is 6.29 Å². The summed E-state index contributed by atoms with van der Waals surface area (Å²) in [6, 6.07) is 4.22. The molecule has 5 nitrogen and oxygen atoms in total. The highest BCUT2D eigenvalue weighted by atomic mass is 16.5. The number of likely N-dealkylation sites (tertiary alicyclic amines) is 2. The molecule has 3 rings (SSSR count). The van der Waals surface area contributed by atoms with E-state index in [1.807, 2.05) is 12.4 Å². The lowest BCUT2D eigenvalue weighted by atomic mass is 9.84. The van der Waals surface area contributed by atoms with Crippen molar-refractivity contribution in [1.29, 1.82) is 0 Å². The van der Waals surface area contributed by atoms with E-state index in [0.717, 1.165) is 58.3 Å². The lowest BCUT2D eigenvalue weighted by Crippen LogP contribution is -2.45. The number of carbonyl (C=O) groups is 1. The topological polar surface area (TPSA) is 45.7 Å². The molecule has 1 aromatic rings. The Morgan fingerprint density at radius 1 is 1.04 bits per heavy atom. The zero-order chi connectivity index (χ0) is 17.4. The number of hydrogen-bond acceptors (Lipinski definition) is 5. The second-order valence-corrected chi connectivity index (χ2v) is 7.28. The molecule has 2 aliphatic heterocycles. The maximum Gasteiger partial charge on any atom is 0.120 e. The van der Waals surface area contributed by atoms with Crippen molar-refractivity contribution in [1.82, 2.24) is 14.8 Å². The fourth-order valence-electron chi connectivity index (χ4n) is 4.08. The van der Waals surface area contributed by atoms with Gasteiger partial charge in [0.2, 0.25) is 0 Å². The normalized spacial score (nSPS) is 21.4. The maximum absolute atomic E-state index is 10.5. The molecule has 0 unspecified atom stereocenters. The third kappa shape index (κ3) is 5.09. The molecule has 0 bridgehead atoms. The van der Waals surface area contributed by atoms with Crippen molar-refractivity contribution in [2.75, 3.05) is 45.9 Å². The average molecular weight is 345 g/mol. The Hall–Kier alpha value is -1.30. The molecular formula is C20H31N3O2. The predicted octanol–water partition coefficient (Wildman–Crippen LogP) is 2.46. The molecule has 3 heterocycles. The Labute approximate surface area is 151 Å². The number of aldehydes is 1. The number of piperidine rings is 1. The third-order valence-corrected chi connectivity index (χ3v) is 5.65. The average Bonchev–Trinajstić information content (AvgIpc) is 3.18. The predicted molar refractivity (Wildman–Crippen MR) is 98.5 cm³/mol. The van der Waals surface area contributed by atoms with Gasteiger partial charge in [0, 0.05) is 38.4 Å². The maximum atomic E-state index is 10.5. The number of hydrogen-bond donors (Lipinski definition) is 0. The smallest absolute Gasteiger partial charge is 0.120 e. The van der Waals surface area contributed by atoms with E-state index in [4.69, 9.17) is 4.74 Å². The van der Waals surface area contributed by atoms with Crippen molar-refractivity contribution in [3.8, 4) is 0 Å². The van der Waals surface area contributed by atoms with Gasteiger partial charge in [-0.25, -0.2) is 0 Å². The molecule has 1 aromatic heterocycles. The van der Waals surface area contributed by atoms with Gasteiger partial charge in [-0.1, -0.05) is 0 Å². The zero-order valence-electron chi connectivity index (χ0n) is 15.2. The fourth-order valence-corrected chi connectivity index (χ4v) is 4.08. The van der Waals surface area contributed by atoms with E-state index in [1.165, 1.54) is 31.5 Å². The molecule has 0 aliphatic carbocycles. The lowest BCUT2D eigenvalue weighted by Gasteiger charge is -2.42. The summed E-state index contributed by atoms with van der Waals surface area (Å²) in [5, 5.41) is 0. The highest BCUT2D eigenvalue weighted by Crippen LogP contribution is 2.36. The number of aromatic nitrogens is 1. The highest BCUT2D eigenvalue weighted by Gasteiger charge is 2.37. The Morgan fingerprint density at radius 2 is 1.72 bits per heavy atom. The molecule has 0 spiro atoms. The summed E-state index contributed by atoms with van der Waals surface area (Å²) < 4.78 is 6.54. The molecule has 0 atom stereocenters. The molecule has 2 fully saturated rings. The Kier molecular flexibility index (Phi) is 6.96. The van der Waals surface area contributed by atoms with Crippen LogP contribution in [0.1, 0.15) is 44.1 Å². The molecule has 138 valence electrons. The Balaban J connectivity index is 1.57. The van der Waals surface area contributed by atoms with Gasteiger partial charge in [0.15, 0.2) is 0 Å². The van der Waals surface area contributed by atoms with E-state index in [2.05, 4.69) is 26.9 Å². The second kappa shape index (κ2) is 9.41. The summed E-state index contributed by atoms with van der Waals surface area (Å²) in [5.74, 6) is 0. The summed E-state index contributed by atoms with van der Waals surface area (Å²) in [4.78, 5) is 19.7. The van der Waals surface area contributed by atoms with Crippen LogP contribution in [0.3, 0.4) is 0 Å². The summed E-state index contributed by atoms with van der Waals surface area (Å²) in [5.41, 5.74) is 1.08. The van der Waals surface area contributed by atoms with E-state index in [-0.39, 0.29) is 5.60 Å². The number of pyridine rings is 1. The van der Waals surface area contributed by atoms with Gasteiger partial charge in [-0.3, -0.25) is 4.98 Å². The van der Waals surface area contributed by atoms with Crippen molar-refractivity contribution in [2.45, 2.75) is 44.1 Å². The summed E-state index contributed by atoms with van der Waals surface area (Å²) in [6.45, 7) is 7.35. The number of nitrogens with zero attached hydrogens (tertiary/aromatic N) is 3. The molecule has 0 N–H and O–H groups in total. The summed E-state index contributed by atoms with van der Waals surface area (Å²) >= 11 is 0. The first-order chi connectivity index (χ1) is 12.3. The van der Waals surface area contributed by atoms with Crippen LogP contribution in [0.5, 0.6) is 0 Å². The van der Waals surface area contributed by atoms with E-state index >= 15 is 0 Å².